The van der Waals surface area contributed by atoms with E-state index in [1.165, 1.54) is 22.0 Å². The average Bonchev–Trinajstić information content (AvgIpc) is 2.83. The first-order valence-corrected chi connectivity index (χ1v) is 6.49. The number of carbonyl (C=O) groups is 1. The van der Waals surface area contributed by atoms with Gasteiger partial charge in [-0.2, -0.15) is 0 Å². The van der Waals surface area contributed by atoms with Gasteiger partial charge in [0.05, 0.1) is 6.04 Å². The molecule has 0 fully saturated rings. The second-order valence-electron chi connectivity index (χ2n) is 4.15. The number of fused-ring (bicyclic) bond motifs is 1. The number of carbonyl (C=O) groups excluding carboxylic acids is 1. The van der Waals surface area contributed by atoms with Gasteiger partial charge in [-0.05, 0) is 30.9 Å². The Balaban J connectivity index is 0. The number of aldehydes is 1. The first kappa shape index (κ1) is 14.5. The molecule has 3 nitrogen and oxygen atoms in total. The Morgan fingerprint density at radius 1 is 1.44 bits per heavy atom. The predicted octanol–water partition coefficient (Wildman–Crippen LogP) is 3.45. The van der Waals surface area contributed by atoms with Gasteiger partial charge in [0, 0.05) is 20.0 Å². The van der Waals surface area contributed by atoms with Crippen LogP contribution in [0.5, 0.6) is 0 Å². The Hall–Kier alpha value is -1.61. The molecule has 2 rings (SSSR count). The molecule has 1 aromatic carbocycles. The standard InChI is InChI=1S/C13H16N2O.C2H6.2H2/c1-9-3-2-4-12-10(7-15-13(9)12)5-6-11(14)8-16;1-2;;/h2-4,7-8,11,15H,5-6,14H2,1H3;1-2H3;2*1H. The van der Waals surface area contributed by atoms with Crippen molar-refractivity contribution in [2.24, 2.45) is 5.73 Å². The van der Waals surface area contributed by atoms with E-state index in [0.717, 1.165) is 12.7 Å². The zero-order valence-electron chi connectivity index (χ0n) is 11.4. The number of nitrogens with one attached hydrogen (secondary N) is 1. The number of hydrogen-bond acceptors (Lipinski definition) is 2. The van der Waals surface area contributed by atoms with Crippen molar-refractivity contribution in [3.63, 3.8) is 0 Å². The summed E-state index contributed by atoms with van der Waals surface area (Å²) in [5.41, 5.74) is 9.23. The maximum atomic E-state index is 10.4. The number of benzene rings is 1. The van der Waals surface area contributed by atoms with Gasteiger partial charge in [-0.15, -0.1) is 0 Å². The number of aryl methyl sites for hydroxylation is 2. The number of hydrogen-bond donors (Lipinski definition) is 2. The van der Waals surface area contributed by atoms with E-state index in [-0.39, 0.29) is 8.90 Å². The molecular formula is C15H26N2O. The summed E-state index contributed by atoms with van der Waals surface area (Å²) in [7, 11) is 0. The maximum Gasteiger partial charge on any atom is 0.136 e. The number of aromatic nitrogens is 1. The molecule has 18 heavy (non-hydrogen) atoms. The van der Waals surface area contributed by atoms with Crippen molar-refractivity contribution in [2.75, 3.05) is 0 Å². The number of nitrogens with two attached hydrogens (primary N) is 1. The monoisotopic (exact) mass is 250 g/mol. The highest BCUT2D eigenvalue weighted by Gasteiger charge is 2.07. The molecule has 1 aromatic heterocycles. The fraction of sp³-hybridized carbons (Fsp3) is 0.400. The molecule has 0 aliphatic carbocycles. The molecule has 3 heteroatoms. The van der Waals surface area contributed by atoms with Crippen molar-refractivity contribution >= 4 is 17.2 Å². The second kappa shape index (κ2) is 6.97. The van der Waals surface area contributed by atoms with Crippen LogP contribution in [-0.4, -0.2) is 17.3 Å². The fourth-order valence-corrected chi connectivity index (χ4v) is 1.96. The number of rotatable bonds is 4. The molecule has 0 radical (unpaired) electrons. The van der Waals surface area contributed by atoms with Crippen LogP contribution in [-0.2, 0) is 11.2 Å². The first-order chi connectivity index (χ1) is 8.72. The molecule has 0 aliphatic heterocycles. The summed E-state index contributed by atoms with van der Waals surface area (Å²) in [5, 5.41) is 1.23. The van der Waals surface area contributed by atoms with Gasteiger partial charge >= 0.3 is 0 Å². The second-order valence-corrected chi connectivity index (χ2v) is 4.15. The molecule has 0 aliphatic rings. The summed E-state index contributed by atoms with van der Waals surface area (Å²) in [4.78, 5) is 13.7. The SMILES string of the molecule is CC.Cc1cccc2c(CCC(N)C=O)c[nH]c12.[HH].[HH]. The number of para-hydroxylation sites is 1. The molecule has 2 aromatic rings. The summed E-state index contributed by atoms with van der Waals surface area (Å²) in [6.45, 7) is 6.08. The Morgan fingerprint density at radius 3 is 2.83 bits per heavy atom. The first-order valence-electron chi connectivity index (χ1n) is 6.49. The third-order valence-corrected chi connectivity index (χ3v) is 2.93. The zero-order valence-corrected chi connectivity index (χ0v) is 11.4. The summed E-state index contributed by atoms with van der Waals surface area (Å²) < 4.78 is 0. The molecular weight excluding hydrogens is 224 g/mol. The van der Waals surface area contributed by atoms with Crippen LogP contribution < -0.4 is 5.73 Å². The average molecular weight is 250 g/mol. The Bertz CT molecular complexity index is 512. The van der Waals surface area contributed by atoms with Gasteiger partial charge in [-0.1, -0.05) is 32.0 Å². The Kier molecular flexibility index (Phi) is 5.59. The minimum absolute atomic E-state index is 0. The van der Waals surface area contributed by atoms with Crippen LogP contribution in [0.1, 0.15) is 34.2 Å². The minimum Gasteiger partial charge on any atom is -0.361 e. The van der Waals surface area contributed by atoms with E-state index in [4.69, 9.17) is 5.73 Å². The van der Waals surface area contributed by atoms with Gasteiger partial charge < -0.3 is 15.5 Å². The Labute approximate surface area is 111 Å². The highest BCUT2D eigenvalue weighted by molar-refractivity contribution is 5.85. The summed E-state index contributed by atoms with van der Waals surface area (Å²) in [6.07, 6.45) is 4.35. The van der Waals surface area contributed by atoms with Gasteiger partial charge in [0.2, 0.25) is 0 Å². The van der Waals surface area contributed by atoms with Crippen molar-refractivity contribution in [2.45, 2.75) is 39.7 Å². The maximum absolute atomic E-state index is 10.4. The van der Waals surface area contributed by atoms with Crippen LogP contribution >= 0.6 is 0 Å². The highest BCUT2D eigenvalue weighted by Crippen LogP contribution is 2.22. The molecule has 1 atom stereocenters. The minimum atomic E-state index is -0.352. The molecule has 1 unspecified atom stereocenters. The summed E-state index contributed by atoms with van der Waals surface area (Å²) in [6, 6.07) is 5.88. The van der Waals surface area contributed by atoms with Gasteiger partial charge in [-0.3, -0.25) is 0 Å². The van der Waals surface area contributed by atoms with E-state index in [2.05, 4.69) is 30.1 Å². The third kappa shape index (κ3) is 3.20. The quantitative estimate of drug-likeness (QED) is 0.816. The Morgan fingerprint density at radius 2 is 2.17 bits per heavy atom. The van der Waals surface area contributed by atoms with Crippen molar-refractivity contribution in [3.8, 4) is 0 Å². The molecule has 102 valence electrons. The third-order valence-electron chi connectivity index (χ3n) is 2.93. The lowest BCUT2D eigenvalue weighted by Crippen LogP contribution is -2.21. The smallest absolute Gasteiger partial charge is 0.136 e. The molecule has 0 saturated heterocycles. The molecule has 1 heterocycles. The van der Waals surface area contributed by atoms with Crippen LogP contribution in [0.15, 0.2) is 24.4 Å². The molecule has 0 saturated carbocycles. The number of H-pyrrole nitrogens is 1. The van der Waals surface area contributed by atoms with Crippen molar-refractivity contribution < 1.29 is 7.65 Å². The van der Waals surface area contributed by atoms with Crippen LogP contribution in [0.3, 0.4) is 0 Å². The van der Waals surface area contributed by atoms with Crippen molar-refractivity contribution in [1.82, 2.24) is 4.98 Å². The van der Waals surface area contributed by atoms with Crippen LogP contribution in [0.25, 0.3) is 10.9 Å². The van der Waals surface area contributed by atoms with E-state index >= 15 is 0 Å². The van der Waals surface area contributed by atoms with E-state index < -0.39 is 0 Å². The van der Waals surface area contributed by atoms with E-state index in [1.807, 2.05) is 20.0 Å². The van der Waals surface area contributed by atoms with Crippen molar-refractivity contribution in [1.29, 1.82) is 0 Å². The largest absolute Gasteiger partial charge is 0.361 e. The normalized spacial score (nSPS) is 11.8. The van der Waals surface area contributed by atoms with Gasteiger partial charge in [0.15, 0.2) is 0 Å². The summed E-state index contributed by atoms with van der Waals surface area (Å²) in [5.74, 6) is 0. The molecule has 3 N–H and O–H groups in total. The van der Waals surface area contributed by atoms with Crippen LogP contribution in [0.4, 0.5) is 0 Å². The van der Waals surface area contributed by atoms with Crippen LogP contribution in [0, 0.1) is 6.92 Å². The van der Waals surface area contributed by atoms with Gasteiger partial charge in [0.1, 0.15) is 6.29 Å². The molecule has 0 spiro atoms. The molecule has 0 bridgehead atoms. The lowest BCUT2D eigenvalue weighted by Gasteiger charge is -2.02. The van der Waals surface area contributed by atoms with Crippen LogP contribution in [0.2, 0.25) is 0 Å². The lowest BCUT2D eigenvalue weighted by molar-refractivity contribution is -0.109. The zero-order chi connectivity index (χ0) is 13.5. The van der Waals surface area contributed by atoms with Gasteiger partial charge in [0.25, 0.3) is 0 Å². The predicted molar refractivity (Wildman–Crippen MR) is 81.0 cm³/mol. The van der Waals surface area contributed by atoms with Gasteiger partial charge in [-0.25, -0.2) is 0 Å². The summed E-state index contributed by atoms with van der Waals surface area (Å²) >= 11 is 0. The number of aromatic amines is 1. The van der Waals surface area contributed by atoms with Crippen molar-refractivity contribution in [3.05, 3.63) is 35.5 Å². The lowest BCUT2D eigenvalue weighted by atomic mass is 10.0. The van der Waals surface area contributed by atoms with E-state index in [1.54, 1.807) is 0 Å². The topological polar surface area (TPSA) is 58.9 Å². The fourth-order valence-electron chi connectivity index (χ4n) is 1.96. The van der Waals surface area contributed by atoms with E-state index in [0.29, 0.717) is 6.42 Å². The highest BCUT2D eigenvalue weighted by atomic mass is 16.1. The van der Waals surface area contributed by atoms with E-state index in [9.17, 15) is 4.79 Å². The molecule has 0 amide bonds.